The third-order valence-corrected chi connectivity index (χ3v) is 9.86. The summed E-state index contributed by atoms with van der Waals surface area (Å²) in [7, 11) is 0. The molecule has 10 rings (SSSR count). The molecule has 9 aromatic rings. The molecule has 1 aliphatic heterocycles. The van der Waals surface area contributed by atoms with E-state index in [1.165, 1.54) is 11.1 Å². The lowest BCUT2D eigenvalue weighted by molar-refractivity contribution is 0.477. The summed E-state index contributed by atoms with van der Waals surface area (Å²) in [6.45, 7) is 0. The minimum Gasteiger partial charge on any atom is -0.454 e. The van der Waals surface area contributed by atoms with Gasteiger partial charge in [-0.1, -0.05) is 121 Å². The first-order valence-corrected chi connectivity index (χ1v) is 17.5. The monoisotopic (exact) mass is 668 g/mol. The van der Waals surface area contributed by atoms with Crippen LogP contribution in [-0.2, 0) is 0 Å². The molecule has 0 aliphatic carbocycles. The van der Waals surface area contributed by atoms with Crippen LogP contribution in [0.5, 0.6) is 11.5 Å². The summed E-state index contributed by atoms with van der Waals surface area (Å²) in [5.41, 5.74) is 12.5. The number of anilines is 6. The number of hydrogen-bond donors (Lipinski definition) is 0. The lowest BCUT2D eigenvalue weighted by Crippen LogP contribution is -2.16. The quantitative estimate of drug-likeness (QED) is 0.176. The lowest BCUT2D eigenvalue weighted by Gasteiger charge is -2.33. The smallest absolute Gasteiger partial charge is 0.159 e. The Hall–Kier alpha value is -7.04. The Morgan fingerprint density at radius 1 is 0.365 bits per heavy atom. The highest BCUT2D eigenvalue weighted by Crippen LogP contribution is 2.53. The molecule has 8 aromatic carbocycles. The van der Waals surface area contributed by atoms with E-state index in [0.29, 0.717) is 0 Å². The van der Waals surface area contributed by atoms with Gasteiger partial charge in [-0.15, -0.1) is 0 Å². The third-order valence-electron chi connectivity index (χ3n) is 9.86. The van der Waals surface area contributed by atoms with Gasteiger partial charge >= 0.3 is 0 Å². The predicted octanol–water partition coefficient (Wildman–Crippen LogP) is 14.0. The zero-order valence-electron chi connectivity index (χ0n) is 28.2. The van der Waals surface area contributed by atoms with Gasteiger partial charge in [0.25, 0.3) is 0 Å². The molecule has 4 heteroatoms. The van der Waals surface area contributed by atoms with Crippen molar-refractivity contribution in [3.8, 4) is 33.8 Å². The van der Waals surface area contributed by atoms with Crippen LogP contribution in [0.3, 0.4) is 0 Å². The van der Waals surface area contributed by atoms with Crippen LogP contribution in [0.4, 0.5) is 34.1 Å². The molecule has 1 aliphatic rings. The number of ether oxygens (including phenoxy) is 1. The van der Waals surface area contributed by atoms with Gasteiger partial charge in [0.1, 0.15) is 5.58 Å². The summed E-state index contributed by atoms with van der Waals surface area (Å²) in [6, 6.07) is 67.8. The molecule has 0 fully saturated rings. The van der Waals surface area contributed by atoms with E-state index < -0.39 is 0 Å². The zero-order valence-corrected chi connectivity index (χ0v) is 28.2. The van der Waals surface area contributed by atoms with Crippen molar-refractivity contribution in [3.05, 3.63) is 194 Å². The molecule has 4 nitrogen and oxygen atoms in total. The Morgan fingerprint density at radius 3 is 1.67 bits per heavy atom. The molecule has 0 bridgehead atoms. The Kier molecular flexibility index (Phi) is 7.10. The van der Waals surface area contributed by atoms with Gasteiger partial charge in [-0.2, -0.15) is 0 Å². The Morgan fingerprint density at radius 2 is 0.904 bits per heavy atom. The lowest BCUT2D eigenvalue weighted by atomic mass is 10.0. The Labute approximate surface area is 302 Å². The SMILES string of the molecule is c1ccc(-c2ccc(N(c3ccccc3)c3ccc(-c4ccc5c(c4)Oc4ccccc4N5c4cccc5c4oc4ccccc45)cc3)cc2)cc1. The highest BCUT2D eigenvalue weighted by Gasteiger charge is 2.28. The molecule has 0 amide bonds. The summed E-state index contributed by atoms with van der Waals surface area (Å²) in [6.07, 6.45) is 0. The molecular formula is C48H32N2O2. The van der Waals surface area contributed by atoms with Crippen LogP contribution >= 0.6 is 0 Å². The molecule has 0 saturated heterocycles. The van der Waals surface area contributed by atoms with E-state index in [1.807, 2.05) is 36.4 Å². The van der Waals surface area contributed by atoms with Crippen molar-refractivity contribution in [2.75, 3.05) is 9.80 Å². The second-order valence-corrected chi connectivity index (χ2v) is 13.0. The summed E-state index contributed by atoms with van der Waals surface area (Å²) >= 11 is 0. The van der Waals surface area contributed by atoms with Crippen molar-refractivity contribution in [2.24, 2.45) is 0 Å². The van der Waals surface area contributed by atoms with Gasteiger partial charge < -0.3 is 14.1 Å². The van der Waals surface area contributed by atoms with Crippen LogP contribution < -0.4 is 14.5 Å². The molecule has 0 atom stereocenters. The van der Waals surface area contributed by atoms with Crippen LogP contribution in [0.1, 0.15) is 0 Å². The standard InChI is InChI=1S/C48H32N2O2/c1-3-12-33(13-4-1)34-22-27-38(28-23-34)49(37-14-5-2-6-15-37)39-29-24-35(25-30-39)36-26-31-43-47(32-36)51-46-21-10-8-18-42(46)50(43)44-19-11-17-41-40-16-7-9-20-45(40)52-48(41)44/h1-32H. The zero-order chi connectivity index (χ0) is 34.4. The molecule has 0 N–H and O–H groups in total. The van der Waals surface area contributed by atoms with E-state index >= 15 is 0 Å². The van der Waals surface area contributed by atoms with E-state index in [2.05, 4.69) is 168 Å². The summed E-state index contributed by atoms with van der Waals surface area (Å²) in [5, 5.41) is 2.20. The normalized spacial score (nSPS) is 12.0. The van der Waals surface area contributed by atoms with Crippen molar-refractivity contribution < 1.29 is 9.15 Å². The van der Waals surface area contributed by atoms with E-state index in [-0.39, 0.29) is 0 Å². The van der Waals surface area contributed by atoms with Crippen molar-refractivity contribution >= 4 is 56.1 Å². The average Bonchev–Trinajstić information content (AvgIpc) is 3.60. The van der Waals surface area contributed by atoms with E-state index in [9.17, 15) is 0 Å². The third kappa shape index (κ3) is 5.09. The largest absolute Gasteiger partial charge is 0.454 e. The van der Waals surface area contributed by atoms with Gasteiger partial charge in [0.2, 0.25) is 0 Å². The van der Waals surface area contributed by atoms with E-state index in [0.717, 1.165) is 78.7 Å². The molecule has 2 heterocycles. The topological polar surface area (TPSA) is 28.9 Å². The number of para-hydroxylation sites is 5. The van der Waals surface area contributed by atoms with Gasteiger partial charge in [-0.3, -0.25) is 4.90 Å². The number of benzene rings is 8. The molecule has 52 heavy (non-hydrogen) atoms. The fourth-order valence-corrected chi connectivity index (χ4v) is 7.37. The number of fused-ring (bicyclic) bond motifs is 5. The highest BCUT2D eigenvalue weighted by atomic mass is 16.5. The fraction of sp³-hybridized carbons (Fsp3) is 0. The van der Waals surface area contributed by atoms with Crippen molar-refractivity contribution in [1.29, 1.82) is 0 Å². The minimum atomic E-state index is 0.790. The maximum atomic E-state index is 6.60. The van der Waals surface area contributed by atoms with Gasteiger partial charge in [0, 0.05) is 27.8 Å². The van der Waals surface area contributed by atoms with Gasteiger partial charge in [-0.05, 0) is 95.1 Å². The second-order valence-electron chi connectivity index (χ2n) is 13.0. The van der Waals surface area contributed by atoms with Crippen LogP contribution in [0, 0.1) is 0 Å². The number of nitrogens with zero attached hydrogens (tertiary/aromatic N) is 2. The van der Waals surface area contributed by atoms with Gasteiger partial charge in [0.15, 0.2) is 17.1 Å². The van der Waals surface area contributed by atoms with Crippen LogP contribution in [0.25, 0.3) is 44.2 Å². The predicted molar refractivity (Wildman–Crippen MR) is 214 cm³/mol. The summed E-state index contributed by atoms with van der Waals surface area (Å²) in [5.74, 6) is 1.59. The second kappa shape index (κ2) is 12.4. The Bertz CT molecular complexity index is 2700. The van der Waals surface area contributed by atoms with E-state index in [1.54, 1.807) is 0 Å². The first-order chi connectivity index (χ1) is 25.8. The van der Waals surface area contributed by atoms with E-state index in [4.69, 9.17) is 9.15 Å². The fourth-order valence-electron chi connectivity index (χ4n) is 7.37. The summed E-state index contributed by atoms with van der Waals surface area (Å²) < 4.78 is 13.1. The number of rotatable bonds is 6. The summed E-state index contributed by atoms with van der Waals surface area (Å²) in [4.78, 5) is 4.55. The van der Waals surface area contributed by atoms with Crippen LogP contribution in [-0.4, -0.2) is 0 Å². The average molecular weight is 669 g/mol. The van der Waals surface area contributed by atoms with Crippen molar-refractivity contribution in [2.45, 2.75) is 0 Å². The molecule has 246 valence electrons. The molecule has 0 spiro atoms. The molecule has 0 unspecified atom stereocenters. The number of furan rings is 1. The maximum Gasteiger partial charge on any atom is 0.159 e. The van der Waals surface area contributed by atoms with Gasteiger partial charge in [-0.25, -0.2) is 0 Å². The van der Waals surface area contributed by atoms with Crippen LogP contribution in [0.2, 0.25) is 0 Å². The first kappa shape index (κ1) is 29.8. The minimum absolute atomic E-state index is 0.790. The highest BCUT2D eigenvalue weighted by molar-refractivity contribution is 6.10. The van der Waals surface area contributed by atoms with Crippen molar-refractivity contribution in [1.82, 2.24) is 0 Å². The molecule has 1 aromatic heterocycles. The maximum absolute atomic E-state index is 6.60. The molecular weight excluding hydrogens is 637 g/mol. The van der Waals surface area contributed by atoms with Crippen molar-refractivity contribution in [3.63, 3.8) is 0 Å². The van der Waals surface area contributed by atoms with Crippen LogP contribution in [0.15, 0.2) is 199 Å². The molecule has 0 saturated carbocycles. The molecule has 0 radical (unpaired) electrons. The van der Waals surface area contributed by atoms with Gasteiger partial charge in [0.05, 0.1) is 17.1 Å². The first-order valence-electron chi connectivity index (χ1n) is 17.5. The number of hydrogen-bond acceptors (Lipinski definition) is 4. The Balaban J connectivity index is 1.02.